The average Bonchev–Trinajstić information content (AvgIpc) is 3.09. The molecule has 1 radical (unpaired) electrons. The zero-order chi connectivity index (χ0) is 35.4. The summed E-state index contributed by atoms with van der Waals surface area (Å²) in [4.78, 5) is 22.2. The van der Waals surface area contributed by atoms with Crippen molar-refractivity contribution < 1.29 is 30.0 Å². The molecule has 0 fully saturated rings. The maximum Gasteiger partial charge on any atom is 0.164 e. The Morgan fingerprint density at radius 3 is 2.02 bits per heavy atom. The number of ketones is 1. The van der Waals surface area contributed by atoms with E-state index in [2.05, 4.69) is 95.3 Å². The van der Waals surface area contributed by atoms with Crippen molar-refractivity contribution in [3.05, 3.63) is 95.0 Å². The van der Waals surface area contributed by atoms with Gasteiger partial charge in [0.15, 0.2) is 5.78 Å². The van der Waals surface area contributed by atoms with Crippen LogP contribution in [0.3, 0.4) is 0 Å². The maximum atomic E-state index is 12.2. The number of fused-ring (bicyclic) bond motifs is 5. The van der Waals surface area contributed by atoms with Gasteiger partial charge >= 0.3 is 0 Å². The number of allylic oxidation sites excluding steroid dienone is 2. The topological polar surface area (TPSA) is 63.1 Å². The first kappa shape index (κ1) is 40.0. The van der Waals surface area contributed by atoms with E-state index in [4.69, 9.17) is 9.97 Å². The van der Waals surface area contributed by atoms with E-state index in [0.29, 0.717) is 5.92 Å². The van der Waals surface area contributed by atoms with Crippen LogP contribution in [0.4, 0.5) is 0 Å². The first-order valence-electron chi connectivity index (χ1n) is 17.9. The molecule has 0 aliphatic carbocycles. The Bertz CT molecular complexity index is 1950. The van der Waals surface area contributed by atoms with Crippen LogP contribution < -0.4 is 0 Å². The summed E-state index contributed by atoms with van der Waals surface area (Å²) >= 11 is 0. The first-order valence-corrected chi connectivity index (χ1v) is 17.9. The maximum absolute atomic E-state index is 12.2. The van der Waals surface area contributed by atoms with Crippen molar-refractivity contribution in [3.63, 3.8) is 0 Å². The van der Waals surface area contributed by atoms with Crippen LogP contribution in [0.25, 0.3) is 43.7 Å². The Morgan fingerprint density at radius 1 is 0.837 bits per heavy atom. The van der Waals surface area contributed by atoms with Gasteiger partial charge in [0, 0.05) is 48.8 Å². The molecular formula is C44H55IrN2O2-. The van der Waals surface area contributed by atoms with Gasteiger partial charge in [-0.25, -0.2) is 4.98 Å². The van der Waals surface area contributed by atoms with Crippen LogP contribution in [0.1, 0.15) is 116 Å². The van der Waals surface area contributed by atoms with E-state index in [9.17, 15) is 9.90 Å². The minimum absolute atomic E-state index is 0. The molecule has 0 atom stereocenters. The van der Waals surface area contributed by atoms with E-state index in [1.54, 1.807) is 0 Å². The SMILES string of the molecule is CCC(C)(CC)C(=O)/C=C(\O)C(C)(CC)CC.CCc1nc(-c2[c-]c(C)cc(C)c2)c2ccc3c4ccccc4cc(C(C)C)c3c2n1.[Ir]. The van der Waals surface area contributed by atoms with Crippen LogP contribution in [0.2, 0.25) is 0 Å². The number of carbonyl (C=O) groups excluding carboxylic acids is 1. The molecule has 49 heavy (non-hydrogen) atoms. The molecule has 0 amide bonds. The second kappa shape index (κ2) is 16.5. The van der Waals surface area contributed by atoms with Crippen molar-refractivity contribution in [2.24, 2.45) is 10.8 Å². The third kappa shape index (κ3) is 8.33. The van der Waals surface area contributed by atoms with E-state index < -0.39 is 0 Å². The molecule has 0 saturated heterocycles. The van der Waals surface area contributed by atoms with Crippen LogP contribution in [-0.2, 0) is 31.3 Å². The molecule has 1 aromatic heterocycles. The Labute approximate surface area is 308 Å². The fourth-order valence-electron chi connectivity index (χ4n) is 6.39. The summed E-state index contributed by atoms with van der Waals surface area (Å²) in [6.07, 6.45) is 5.55. The van der Waals surface area contributed by atoms with Crippen molar-refractivity contribution in [1.82, 2.24) is 9.97 Å². The second-order valence-corrected chi connectivity index (χ2v) is 14.3. The molecule has 0 spiro atoms. The van der Waals surface area contributed by atoms with Gasteiger partial charge in [-0.15, -0.1) is 34.9 Å². The van der Waals surface area contributed by atoms with Gasteiger partial charge in [-0.1, -0.05) is 119 Å². The Balaban J connectivity index is 0.000000312. The van der Waals surface area contributed by atoms with Crippen LogP contribution in [0.15, 0.2) is 66.4 Å². The molecular weight excluding hydrogens is 781 g/mol. The monoisotopic (exact) mass is 836 g/mol. The zero-order valence-electron chi connectivity index (χ0n) is 31.5. The van der Waals surface area contributed by atoms with Crippen molar-refractivity contribution in [3.8, 4) is 11.3 Å². The van der Waals surface area contributed by atoms with Crippen molar-refractivity contribution in [2.45, 2.75) is 114 Å². The minimum Gasteiger partial charge on any atom is -0.512 e. The number of aliphatic hydroxyl groups is 1. The molecule has 5 aromatic rings. The second-order valence-electron chi connectivity index (χ2n) is 14.3. The van der Waals surface area contributed by atoms with Gasteiger partial charge in [-0.05, 0) is 64.4 Å². The van der Waals surface area contributed by atoms with E-state index in [-0.39, 0.29) is 42.5 Å². The number of nitrogens with zero attached hydrogens (tertiary/aromatic N) is 2. The molecule has 0 bridgehead atoms. The van der Waals surface area contributed by atoms with Gasteiger partial charge in [0.25, 0.3) is 0 Å². The summed E-state index contributed by atoms with van der Waals surface area (Å²) in [6, 6.07) is 23.3. The normalized spacial score (nSPS) is 12.3. The number of rotatable bonds is 10. The Morgan fingerprint density at radius 2 is 1.45 bits per heavy atom. The number of hydrogen-bond acceptors (Lipinski definition) is 4. The van der Waals surface area contributed by atoms with Crippen molar-refractivity contribution >= 4 is 38.2 Å². The van der Waals surface area contributed by atoms with Gasteiger partial charge in [-0.2, -0.15) is 0 Å². The van der Waals surface area contributed by atoms with E-state index in [1.807, 2.05) is 41.5 Å². The van der Waals surface area contributed by atoms with Gasteiger partial charge in [0.2, 0.25) is 0 Å². The van der Waals surface area contributed by atoms with E-state index >= 15 is 0 Å². The van der Waals surface area contributed by atoms with Gasteiger partial charge < -0.3 is 5.11 Å². The van der Waals surface area contributed by atoms with Crippen LogP contribution in [-0.4, -0.2) is 20.9 Å². The predicted octanol–water partition coefficient (Wildman–Crippen LogP) is 12.4. The minimum atomic E-state index is -0.337. The fraction of sp³-hybridized carbons (Fsp3) is 0.432. The third-order valence-electron chi connectivity index (χ3n) is 10.7. The van der Waals surface area contributed by atoms with E-state index in [0.717, 1.165) is 65.7 Å². The van der Waals surface area contributed by atoms with Crippen molar-refractivity contribution in [1.29, 1.82) is 0 Å². The van der Waals surface area contributed by atoms with Crippen LogP contribution in [0.5, 0.6) is 0 Å². The smallest absolute Gasteiger partial charge is 0.164 e. The van der Waals surface area contributed by atoms with Gasteiger partial charge in [0.1, 0.15) is 11.6 Å². The molecule has 263 valence electrons. The number of aryl methyl sites for hydroxylation is 3. The summed E-state index contributed by atoms with van der Waals surface area (Å²) in [5, 5.41) is 16.3. The molecule has 5 rings (SSSR count). The molecule has 0 aliphatic rings. The number of aliphatic hydroxyl groups excluding tert-OH is 1. The zero-order valence-corrected chi connectivity index (χ0v) is 33.9. The fourth-order valence-corrected chi connectivity index (χ4v) is 6.39. The number of carbonyl (C=O) groups is 1. The van der Waals surface area contributed by atoms with E-state index in [1.165, 1.54) is 38.7 Å². The summed E-state index contributed by atoms with van der Waals surface area (Å²) in [6.45, 7) is 23.0. The molecule has 0 aliphatic heterocycles. The quantitative estimate of drug-likeness (QED) is 0.0659. The average molecular weight is 836 g/mol. The molecule has 1 N–H and O–H groups in total. The van der Waals surface area contributed by atoms with Gasteiger partial charge in [-0.3, -0.25) is 9.78 Å². The Kier molecular flexibility index (Phi) is 13.5. The largest absolute Gasteiger partial charge is 0.512 e. The number of hydrogen-bond donors (Lipinski definition) is 1. The molecule has 5 heteroatoms. The number of aromatic nitrogens is 2. The first-order chi connectivity index (χ1) is 22.7. The van der Waals surface area contributed by atoms with Crippen molar-refractivity contribution in [2.75, 3.05) is 0 Å². The van der Waals surface area contributed by atoms with Crippen LogP contribution >= 0.6 is 0 Å². The molecule has 4 nitrogen and oxygen atoms in total. The summed E-state index contributed by atoms with van der Waals surface area (Å²) in [5.74, 6) is 1.56. The summed E-state index contributed by atoms with van der Waals surface area (Å²) < 4.78 is 0. The standard InChI is InChI=1S/C29H27N2.C15H28O2.Ir/c1-6-26-30-28(21-14-18(4)13-19(5)15-21)24-12-11-23-22-10-8-7-9-20(22)16-25(17(2)3)27(23)29(24)31-26;1-7-14(5,8-2)12(16)11-13(17)15(6,9-3)10-4;/h7-14,16-17H,6H2,1-5H3;11,16H,7-10H2,1-6H3;/q-1;;/b;12-11-;. The van der Waals surface area contributed by atoms with Gasteiger partial charge in [0.05, 0.1) is 5.52 Å². The molecule has 0 saturated carbocycles. The molecule has 0 unspecified atom stereocenters. The molecule has 1 heterocycles. The Hall–Kier alpha value is -3.40. The molecule has 4 aromatic carbocycles. The van der Waals surface area contributed by atoms with Crippen LogP contribution in [0, 0.1) is 30.7 Å². The summed E-state index contributed by atoms with van der Waals surface area (Å²) in [7, 11) is 0. The predicted molar refractivity (Wildman–Crippen MR) is 205 cm³/mol. The number of benzene rings is 4. The summed E-state index contributed by atoms with van der Waals surface area (Å²) in [5.41, 5.74) is 6.19. The third-order valence-corrected chi connectivity index (χ3v) is 10.7.